The van der Waals surface area contributed by atoms with Gasteiger partial charge in [0.1, 0.15) is 0 Å². The SMILES string of the molecule is NCCC(=O)Nc1cccc(-c2ccnc([As]CCc3ccc(O)cc3)n2)c1. The molecule has 0 saturated carbocycles. The van der Waals surface area contributed by atoms with Crippen molar-refractivity contribution in [1.82, 2.24) is 9.97 Å². The molecular weight excluding hydrogens is 415 g/mol. The second kappa shape index (κ2) is 10.0. The van der Waals surface area contributed by atoms with Gasteiger partial charge in [-0.1, -0.05) is 0 Å². The van der Waals surface area contributed by atoms with E-state index >= 15 is 0 Å². The number of amides is 1. The number of nitrogens with two attached hydrogens (primary N) is 1. The minimum atomic E-state index is -0.152. The summed E-state index contributed by atoms with van der Waals surface area (Å²) in [6, 6.07) is 16.8. The van der Waals surface area contributed by atoms with E-state index < -0.39 is 0 Å². The molecule has 28 heavy (non-hydrogen) atoms. The van der Waals surface area contributed by atoms with Crippen LogP contribution in [0.1, 0.15) is 12.0 Å². The predicted molar refractivity (Wildman–Crippen MR) is 112 cm³/mol. The van der Waals surface area contributed by atoms with E-state index in [0.29, 0.717) is 13.0 Å². The maximum atomic E-state index is 11.7. The predicted octanol–water partition coefficient (Wildman–Crippen LogP) is 2.13. The molecule has 3 rings (SSSR count). The minimum absolute atomic E-state index is 0.0951. The summed E-state index contributed by atoms with van der Waals surface area (Å²) in [5.41, 5.74) is 9.14. The van der Waals surface area contributed by atoms with Crippen LogP contribution in [0.4, 0.5) is 5.69 Å². The molecule has 0 aliphatic carbocycles. The molecule has 0 spiro atoms. The second-order valence-electron chi connectivity index (χ2n) is 6.21. The molecule has 0 unspecified atom stereocenters. The third-order valence-corrected chi connectivity index (χ3v) is 6.03. The number of hydrogen-bond donors (Lipinski definition) is 3. The monoisotopic (exact) mass is 437 g/mol. The van der Waals surface area contributed by atoms with Crippen LogP contribution in [-0.4, -0.2) is 43.3 Å². The first-order valence-electron chi connectivity index (χ1n) is 9.03. The summed E-state index contributed by atoms with van der Waals surface area (Å²) in [5, 5.41) is 13.2. The number of carbonyl (C=O) groups excluding carboxylic acids is 1. The van der Waals surface area contributed by atoms with E-state index in [4.69, 9.17) is 10.7 Å². The topological polar surface area (TPSA) is 101 Å². The summed E-state index contributed by atoms with van der Waals surface area (Å²) >= 11 is -0.152. The molecule has 6 nitrogen and oxygen atoms in total. The Bertz CT molecular complexity index is 932. The van der Waals surface area contributed by atoms with Gasteiger partial charge in [-0.15, -0.1) is 0 Å². The molecule has 143 valence electrons. The second-order valence-corrected chi connectivity index (χ2v) is 8.65. The Morgan fingerprint density at radius 1 is 1.14 bits per heavy atom. The third-order valence-electron chi connectivity index (χ3n) is 4.05. The molecule has 0 aliphatic rings. The number of carbonyl (C=O) groups is 1. The number of benzene rings is 2. The van der Waals surface area contributed by atoms with Crippen molar-refractivity contribution in [2.45, 2.75) is 18.1 Å². The molecule has 1 heterocycles. The summed E-state index contributed by atoms with van der Waals surface area (Å²) < 4.78 is 0.880. The molecule has 3 aromatic rings. The van der Waals surface area contributed by atoms with Crippen LogP contribution in [0.25, 0.3) is 11.3 Å². The van der Waals surface area contributed by atoms with Gasteiger partial charge in [-0.2, -0.15) is 0 Å². The van der Waals surface area contributed by atoms with Gasteiger partial charge in [0.2, 0.25) is 0 Å². The fourth-order valence-corrected chi connectivity index (χ4v) is 4.53. The number of nitrogens with one attached hydrogen (secondary N) is 1. The number of hydrogen-bond acceptors (Lipinski definition) is 5. The van der Waals surface area contributed by atoms with Gasteiger partial charge in [-0.3, -0.25) is 0 Å². The molecule has 4 N–H and O–H groups in total. The van der Waals surface area contributed by atoms with E-state index in [1.807, 2.05) is 42.5 Å². The van der Waals surface area contributed by atoms with Crippen LogP contribution in [0.15, 0.2) is 60.8 Å². The fraction of sp³-hybridized carbons (Fsp3) is 0.190. The van der Waals surface area contributed by atoms with E-state index in [9.17, 15) is 9.90 Å². The molecule has 0 bridgehead atoms. The average Bonchev–Trinajstić information content (AvgIpc) is 2.70. The number of aryl methyl sites for hydroxylation is 1. The average molecular weight is 437 g/mol. The first-order valence-corrected chi connectivity index (χ1v) is 11.3. The zero-order valence-corrected chi connectivity index (χ0v) is 17.3. The summed E-state index contributed by atoms with van der Waals surface area (Å²) in [4.78, 5) is 20.9. The van der Waals surface area contributed by atoms with Crippen molar-refractivity contribution in [2.24, 2.45) is 5.73 Å². The molecule has 0 atom stereocenters. The maximum absolute atomic E-state index is 11.7. The van der Waals surface area contributed by atoms with Crippen molar-refractivity contribution in [3.8, 4) is 17.0 Å². The number of aromatic hydroxyl groups is 1. The molecule has 1 amide bonds. The standard InChI is InChI=1S/C21H22AsN4O2/c23-12-9-20(28)25-17-3-1-2-16(14-17)19-10-13-24-21(26-19)22-11-8-15-4-6-18(27)7-5-15/h1-7,10,13-14,27H,8-9,11-12,23H2,(H,25,28). The van der Waals surface area contributed by atoms with Crippen molar-refractivity contribution in [1.29, 1.82) is 0 Å². The van der Waals surface area contributed by atoms with Gasteiger partial charge >= 0.3 is 171 Å². The van der Waals surface area contributed by atoms with Crippen molar-refractivity contribution < 1.29 is 9.90 Å². The molecule has 0 aliphatic heterocycles. The van der Waals surface area contributed by atoms with Gasteiger partial charge in [-0.05, 0) is 0 Å². The number of phenols is 1. The molecule has 0 fully saturated rings. The molecular formula is C21H22AsN4O2. The van der Waals surface area contributed by atoms with Gasteiger partial charge in [-0.25, -0.2) is 0 Å². The summed E-state index contributed by atoms with van der Waals surface area (Å²) in [6.07, 6.45) is 3.02. The summed E-state index contributed by atoms with van der Waals surface area (Å²) in [7, 11) is 0. The van der Waals surface area contributed by atoms with Crippen molar-refractivity contribution in [3.05, 3.63) is 66.4 Å². The van der Waals surface area contributed by atoms with Gasteiger partial charge in [0.25, 0.3) is 0 Å². The first-order chi connectivity index (χ1) is 13.6. The van der Waals surface area contributed by atoms with E-state index in [-0.39, 0.29) is 27.4 Å². The van der Waals surface area contributed by atoms with Gasteiger partial charge in [0.15, 0.2) is 0 Å². The summed E-state index contributed by atoms with van der Waals surface area (Å²) in [5.74, 6) is 0.191. The zero-order valence-electron chi connectivity index (χ0n) is 15.4. The Morgan fingerprint density at radius 3 is 2.75 bits per heavy atom. The van der Waals surface area contributed by atoms with E-state index in [0.717, 1.165) is 33.2 Å². The molecule has 0 saturated heterocycles. The van der Waals surface area contributed by atoms with Crippen LogP contribution >= 0.6 is 0 Å². The van der Waals surface area contributed by atoms with Crippen LogP contribution in [0, 0.1) is 0 Å². The summed E-state index contributed by atoms with van der Waals surface area (Å²) in [6.45, 7) is 0.327. The normalized spacial score (nSPS) is 11.0. The van der Waals surface area contributed by atoms with Crippen molar-refractivity contribution in [2.75, 3.05) is 11.9 Å². The third kappa shape index (κ3) is 5.91. The van der Waals surface area contributed by atoms with Gasteiger partial charge in [0, 0.05) is 0 Å². The number of rotatable bonds is 8. The quantitative estimate of drug-likeness (QED) is 0.469. The van der Waals surface area contributed by atoms with E-state index in [2.05, 4.69) is 10.3 Å². The molecule has 2 aromatic carbocycles. The van der Waals surface area contributed by atoms with E-state index in [1.165, 1.54) is 5.56 Å². The molecule has 1 aromatic heterocycles. The number of aromatic nitrogens is 2. The Morgan fingerprint density at radius 2 is 1.96 bits per heavy atom. The number of phenolic OH excluding ortho intramolecular Hbond substituents is 1. The van der Waals surface area contributed by atoms with Crippen LogP contribution in [0.5, 0.6) is 5.75 Å². The Labute approximate surface area is 170 Å². The van der Waals surface area contributed by atoms with E-state index in [1.54, 1.807) is 18.3 Å². The van der Waals surface area contributed by atoms with Crippen molar-refractivity contribution >= 4 is 32.0 Å². The number of nitrogens with zero attached hydrogens (tertiary/aromatic N) is 2. The Kier molecular flexibility index (Phi) is 7.17. The van der Waals surface area contributed by atoms with Crippen LogP contribution in [0.2, 0.25) is 5.21 Å². The Hall–Kier alpha value is -2.69. The van der Waals surface area contributed by atoms with Gasteiger partial charge in [0.05, 0.1) is 0 Å². The first kappa shape index (κ1) is 20.1. The van der Waals surface area contributed by atoms with Crippen LogP contribution in [0.3, 0.4) is 0 Å². The Balaban J connectivity index is 1.64. The fourth-order valence-electron chi connectivity index (χ4n) is 2.64. The van der Waals surface area contributed by atoms with Crippen LogP contribution < -0.4 is 15.7 Å². The van der Waals surface area contributed by atoms with Gasteiger partial charge < -0.3 is 0 Å². The van der Waals surface area contributed by atoms with Crippen molar-refractivity contribution in [3.63, 3.8) is 0 Å². The number of anilines is 1. The molecule has 1 radical (unpaired) electrons. The molecule has 7 heteroatoms. The van der Waals surface area contributed by atoms with Crippen LogP contribution in [-0.2, 0) is 11.2 Å². The zero-order chi connectivity index (χ0) is 19.8.